The molecule has 0 saturated heterocycles. The third-order valence-corrected chi connectivity index (χ3v) is 2.99. The van der Waals surface area contributed by atoms with Gasteiger partial charge >= 0.3 is 0 Å². The molecule has 0 fully saturated rings. The van der Waals surface area contributed by atoms with Crippen LogP contribution in [0.15, 0.2) is 18.2 Å². The first kappa shape index (κ1) is 15.0. The van der Waals surface area contributed by atoms with E-state index in [1.165, 1.54) is 25.3 Å². The van der Waals surface area contributed by atoms with E-state index < -0.39 is 0 Å². The second-order valence-corrected chi connectivity index (χ2v) is 4.74. The van der Waals surface area contributed by atoms with Gasteiger partial charge in [0.25, 0.3) is 0 Å². The molecule has 1 aromatic carbocycles. The highest BCUT2D eigenvalue weighted by atomic mass is 19.1. The number of nitrogens with two attached hydrogens (primary N) is 1. The van der Waals surface area contributed by atoms with Crippen LogP contribution < -0.4 is 10.5 Å². The van der Waals surface area contributed by atoms with E-state index in [1.807, 2.05) is 13.0 Å². The van der Waals surface area contributed by atoms with Crippen LogP contribution in [0.4, 0.5) is 4.39 Å². The first-order chi connectivity index (χ1) is 8.65. The lowest BCUT2D eigenvalue weighted by molar-refractivity contribution is 0.290. The van der Waals surface area contributed by atoms with Gasteiger partial charge < -0.3 is 10.5 Å². The van der Waals surface area contributed by atoms with Crippen molar-refractivity contribution in [3.63, 3.8) is 0 Å². The van der Waals surface area contributed by atoms with Gasteiger partial charge in [-0.05, 0) is 31.0 Å². The molecule has 0 radical (unpaired) electrons. The molecule has 1 rings (SSSR count). The van der Waals surface area contributed by atoms with Crippen LogP contribution in [0.5, 0.6) is 5.75 Å². The maximum absolute atomic E-state index is 13.7. The molecule has 102 valence electrons. The molecule has 0 aliphatic rings. The molecule has 0 heterocycles. The van der Waals surface area contributed by atoms with Crippen LogP contribution in [0.2, 0.25) is 0 Å². The van der Waals surface area contributed by atoms with E-state index in [4.69, 9.17) is 10.5 Å². The first-order valence-electron chi connectivity index (χ1n) is 6.83. The van der Waals surface area contributed by atoms with Gasteiger partial charge in [0.2, 0.25) is 0 Å². The third kappa shape index (κ3) is 5.05. The van der Waals surface area contributed by atoms with Crippen LogP contribution in [0.1, 0.15) is 57.6 Å². The standard InChI is InChI=1S/C15H24FNO/c1-3-4-5-6-7-10-18-15-9-8-13(12(2)17)11-14(15)16/h8-9,11-12H,3-7,10,17H2,1-2H3/t12-/m1/s1. The first-order valence-corrected chi connectivity index (χ1v) is 6.83. The summed E-state index contributed by atoms with van der Waals surface area (Å²) >= 11 is 0. The molecule has 0 saturated carbocycles. The SMILES string of the molecule is CCCCCCCOc1ccc([C@@H](C)N)cc1F. The van der Waals surface area contributed by atoms with Gasteiger partial charge in [-0.3, -0.25) is 0 Å². The van der Waals surface area contributed by atoms with Crippen molar-refractivity contribution in [1.82, 2.24) is 0 Å². The molecule has 1 aromatic rings. The second-order valence-electron chi connectivity index (χ2n) is 4.74. The predicted octanol–water partition coefficient (Wildman–Crippen LogP) is 4.19. The van der Waals surface area contributed by atoms with E-state index in [0.29, 0.717) is 12.4 Å². The Morgan fingerprint density at radius 1 is 1.22 bits per heavy atom. The van der Waals surface area contributed by atoms with E-state index in [2.05, 4.69) is 6.92 Å². The molecule has 0 aromatic heterocycles. The zero-order valence-corrected chi connectivity index (χ0v) is 11.4. The van der Waals surface area contributed by atoms with Crippen molar-refractivity contribution in [2.24, 2.45) is 5.73 Å². The van der Waals surface area contributed by atoms with Crippen LogP contribution in [-0.4, -0.2) is 6.61 Å². The normalized spacial score (nSPS) is 12.4. The lowest BCUT2D eigenvalue weighted by Gasteiger charge is -2.10. The van der Waals surface area contributed by atoms with Gasteiger partial charge in [0, 0.05) is 6.04 Å². The Labute approximate surface area is 109 Å². The van der Waals surface area contributed by atoms with E-state index in [1.54, 1.807) is 6.07 Å². The van der Waals surface area contributed by atoms with Crippen LogP contribution in [0.3, 0.4) is 0 Å². The van der Waals surface area contributed by atoms with E-state index in [0.717, 1.165) is 18.4 Å². The smallest absolute Gasteiger partial charge is 0.165 e. The number of rotatable bonds is 8. The fourth-order valence-electron chi connectivity index (χ4n) is 1.81. The molecule has 0 amide bonds. The van der Waals surface area contributed by atoms with Crippen molar-refractivity contribution in [2.75, 3.05) is 6.61 Å². The fourth-order valence-corrected chi connectivity index (χ4v) is 1.81. The van der Waals surface area contributed by atoms with Gasteiger partial charge in [-0.15, -0.1) is 0 Å². The van der Waals surface area contributed by atoms with Gasteiger partial charge in [0.05, 0.1) is 6.61 Å². The van der Waals surface area contributed by atoms with Crippen molar-refractivity contribution in [3.05, 3.63) is 29.6 Å². The minimum Gasteiger partial charge on any atom is -0.491 e. The molecule has 0 aliphatic heterocycles. The second kappa shape index (κ2) is 8.09. The summed E-state index contributed by atoms with van der Waals surface area (Å²) < 4.78 is 19.1. The molecule has 2 N–H and O–H groups in total. The maximum Gasteiger partial charge on any atom is 0.165 e. The molecule has 1 atom stereocenters. The van der Waals surface area contributed by atoms with Gasteiger partial charge in [0.15, 0.2) is 11.6 Å². The zero-order chi connectivity index (χ0) is 13.4. The minimum atomic E-state index is -0.321. The van der Waals surface area contributed by atoms with Gasteiger partial charge in [-0.2, -0.15) is 0 Å². The van der Waals surface area contributed by atoms with Crippen LogP contribution in [0.25, 0.3) is 0 Å². The average Bonchev–Trinajstić information content (AvgIpc) is 2.35. The molecule has 0 bridgehead atoms. The Bertz CT molecular complexity index is 352. The summed E-state index contributed by atoms with van der Waals surface area (Å²) in [5.41, 5.74) is 6.49. The Morgan fingerprint density at radius 3 is 2.56 bits per heavy atom. The molecule has 3 heteroatoms. The third-order valence-electron chi connectivity index (χ3n) is 2.99. The molecule has 2 nitrogen and oxygen atoms in total. The summed E-state index contributed by atoms with van der Waals surface area (Å²) in [4.78, 5) is 0. The number of hydrogen-bond donors (Lipinski definition) is 1. The average molecular weight is 253 g/mol. The van der Waals surface area contributed by atoms with Crippen LogP contribution in [0, 0.1) is 5.82 Å². The summed E-state index contributed by atoms with van der Waals surface area (Å²) in [6.45, 7) is 4.60. The Balaban J connectivity index is 2.34. The van der Waals surface area contributed by atoms with Crippen molar-refractivity contribution in [1.29, 1.82) is 0 Å². The number of benzene rings is 1. The highest BCUT2D eigenvalue weighted by Gasteiger charge is 2.06. The molecular weight excluding hydrogens is 229 g/mol. The highest BCUT2D eigenvalue weighted by molar-refractivity contribution is 5.30. The van der Waals surface area contributed by atoms with Crippen molar-refractivity contribution in [3.8, 4) is 5.75 Å². The Kier molecular flexibility index (Phi) is 6.73. The fraction of sp³-hybridized carbons (Fsp3) is 0.600. The largest absolute Gasteiger partial charge is 0.491 e. The highest BCUT2D eigenvalue weighted by Crippen LogP contribution is 2.21. The summed E-state index contributed by atoms with van der Waals surface area (Å²) in [5, 5.41) is 0. The van der Waals surface area contributed by atoms with Crippen molar-refractivity contribution < 1.29 is 9.13 Å². The molecule has 0 aliphatic carbocycles. The van der Waals surface area contributed by atoms with Crippen LogP contribution in [-0.2, 0) is 0 Å². The summed E-state index contributed by atoms with van der Waals surface area (Å²) in [5.74, 6) is 0.00764. The number of hydrogen-bond acceptors (Lipinski definition) is 2. The van der Waals surface area contributed by atoms with Crippen molar-refractivity contribution >= 4 is 0 Å². The van der Waals surface area contributed by atoms with E-state index in [9.17, 15) is 4.39 Å². The monoisotopic (exact) mass is 253 g/mol. The van der Waals surface area contributed by atoms with E-state index >= 15 is 0 Å². The van der Waals surface area contributed by atoms with Crippen LogP contribution >= 0.6 is 0 Å². The Hall–Kier alpha value is -1.09. The number of unbranched alkanes of at least 4 members (excludes halogenated alkanes) is 4. The lowest BCUT2D eigenvalue weighted by Crippen LogP contribution is -2.06. The quantitative estimate of drug-likeness (QED) is 0.705. The molecule has 0 spiro atoms. The topological polar surface area (TPSA) is 35.2 Å². The van der Waals surface area contributed by atoms with Gasteiger partial charge in [-0.25, -0.2) is 4.39 Å². The molecule has 0 unspecified atom stereocenters. The Morgan fingerprint density at radius 2 is 1.94 bits per heavy atom. The summed E-state index contributed by atoms with van der Waals surface area (Å²) in [6.07, 6.45) is 5.85. The number of ether oxygens (including phenoxy) is 1. The maximum atomic E-state index is 13.7. The van der Waals surface area contributed by atoms with Crippen molar-refractivity contribution in [2.45, 2.75) is 52.0 Å². The summed E-state index contributed by atoms with van der Waals surface area (Å²) in [6, 6.07) is 4.79. The number of halogens is 1. The molecule has 18 heavy (non-hydrogen) atoms. The van der Waals surface area contributed by atoms with E-state index in [-0.39, 0.29) is 11.9 Å². The lowest BCUT2D eigenvalue weighted by atomic mass is 10.1. The van der Waals surface area contributed by atoms with Gasteiger partial charge in [0.1, 0.15) is 0 Å². The van der Waals surface area contributed by atoms with Gasteiger partial charge in [-0.1, -0.05) is 38.7 Å². The predicted molar refractivity (Wildman–Crippen MR) is 73.3 cm³/mol. The molecular formula is C15H24FNO. The minimum absolute atomic E-state index is 0.150. The summed E-state index contributed by atoms with van der Waals surface area (Å²) in [7, 11) is 0. The zero-order valence-electron chi connectivity index (χ0n) is 11.4.